The van der Waals surface area contributed by atoms with Crippen LogP contribution in [0.3, 0.4) is 0 Å². The van der Waals surface area contributed by atoms with Gasteiger partial charge in [0.05, 0.1) is 22.8 Å². The zero-order chi connectivity index (χ0) is 18.8. The van der Waals surface area contributed by atoms with Crippen LogP contribution in [0.1, 0.15) is 45.7 Å². The predicted molar refractivity (Wildman–Crippen MR) is 103 cm³/mol. The second-order valence-electron chi connectivity index (χ2n) is 6.94. The molecule has 1 aromatic carbocycles. The van der Waals surface area contributed by atoms with Crippen LogP contribution in [0.4, 0.5) is 0 Å². The van der Waals surface area contributed by atoms with E-state index in [9.17, 15) is 4.79 Å². The second kappa shape index (κ2) is 7.55. The first-order valence-corrected chi connectivity index (χ1v) is 9.31. The van der Waals surface area contributed by atoms with Crippen molar-refractivity contribution < 1.29 is 14.1 Å². The number of nitrogens with zero attached hydrogens (tertiary/aromatic N) is 1. The van der Waals surface area contributed by atoms with Crippen LogP contribution in [-0.2, 0) is 14.1 Å². The lowest BCUT2D eigenvalue weighted by atomic mass is 9.78. The van der Waals surface area contributed by atoms with Gasteiger partial charge in [-0.3, -0.25) is 4.79 Å². The number of halogens is 1. The monoisotopic (exact) mass is 377 g/mol. The molecule has 7 heteroatoms. The van der Waals surface area contributed by atoms with Crippen LogP contribution in [0.5, 0.6) is 0 Å². The van der Waals surface area contributed by atoms with Crippen LogP contribution in [0.25, 0.3) is 6.08 Å². The van der Waals surface area contributed by atoms with E-state index >= 15 is 0 Å². The lowest BCUT2D eigenvalue weighted by Crippen LogP contribution is -2.41. The van der Waals surface area contributed by atoms with Crippen molar-refractivity contribution in [1.82, 2.24) is 0 Å². The summed E-state index contributed by atoms with van der Waals surface area (Å²) in [5, 5.41) is 9.46. The molecule has 25 heavy (non-hydrogen) atoms. The number of rotatable bonds is 4. The Morgan fingerprint density at radius 2 is 1.92 bits per heavy atom. The van der Waals surface area contributed by atoms with E-state index in [1.807, 2.05) is 33.8 Å². The van der Waals surface area contributed by atoms with Crippen molar-refractivity contribution in [1.29, 1.82) is 5.26 Å². The highest BCUT2D eigenvalue weighted by Crippen LogP contribution is 2.39. The van der Waals surface area contributed by atoms with Crippen molar-refractivity contribution in [3.8, 4) is 6.07 Å². The first-order chi connectivity index (χ1) is 11.6. The maximum Gasteiger partial charge on any atom is 0.491 e. The smallest absolute Gasteiger partial charge is 0.400 e. The number of nitriles is 1. The van der Waals surface area contributed by atoms with Crippen molar-refractivity contribution in [2.45, 2.75) is 45.8 Å². The molecule has 0 spiro atoms. The highest BCUT2D eigenvalue weighted by Gasteiger charge is 2.52. The molecule has 2 rings (SSSR count). The number of carbonyl (C=O) groups excluding carboxylic acids is 1. The van der Waals surface area contributed by atoms with Gasteiger partial charge in [-0.05, 0) is 50.9 Å². The van der Waals surface area contributed by atoms with E-state index in [1.54, 1.807) is 18.2 Å². The molecular weight excluding hydrogens is 357 g/mol. The fraction of sp³-hybridized carbons (Fsp3) is 0.444. The summed E-state index contributed by atoms with van der Waals surface area (Å²) in [6.07, 6.45) is 1.88. The van der Waals surface area contributed by atoms with E-state index in [-0.39, 0.29) is 5.12 Å². The second-order valence-corrected chi connectivity index (χ2v) is 8.50. The van der Waals surface area contributed by atoms with Gasteiger partial charge < -0.3 is 9.31 Å². The third-order valence-corrected chi connectivity index (χ3v) is 5.68. The Labute approximate surface area is 158 Å². The first kappa shape index (κ1) is 20.1. The summed E-state index contributed by atoms with van der Waals surface area (Å²) in [4.78, 5) is 11.4. The van der Waals surface area contributed by atoms with Crippen molar-refractivity contribution in [2.75, 3.05) is 5.75 Å². The third-order valence-electron chi connectivity index (χ3n) is 4.47. The van der Waals surface area contributed by atoms with Crippen LogP contribution in [0.15, 0.2) is 23.7 Å². The summed E-state index contributed by atoms with van der Waals surface area (Å²) < 4.78 is 12.2. The van der Waals surface area contributed by atoms with E-state index in [2.05, 4.69) is 6.07 Å². The van der Waals surface area contributed by atoms with E-state index < -0.39 is 18.3 Å². The Morgan fingerprint density at radius 3 is 2.40 bits per heavy atom. The molecule has 0 amide bonds. The van der Waals surface area contributed by atoms with Crippen LogP contribution in [-0.4, -0.2) is 29.2 Å². The van der Waals surface area contributed by atoms with Crippen LogP contribution in [0.2, 0.25) is 5.02 Å². The average molecular weight is 378 g/mol. The number of benzene rings is 1. The highest BCUT2D eigenvalue weighted by atomic mass is 35.5. The summed E-state index contributed by atoms with van der Waals surface area (Å²) in [5.74, 6) is 0.447. The van der Waals surface area contributed by atoms with Crippen LogP contribution in [0, 0.1) is 11.3 Å². The Hall–Kier alpha value is -1.26. The van der Waals surface area contributed by atoms with Crippen LogP contribution < -0.4 is 0 Å². The molecule has 0 N–H and O–H groups in total. The van der Waals surface area contributed by atoms with Crippen molar-refractivity contribution in [3.63, 3.8) is 0 Å². The number of thioether (sulfide) groups is 1. The van der Waals surface area contributed by atoms with E-state index in [4.69, 9.17) is 26.2 Å². The molecule has 0 aromatic heterocycles. The number of hydrogen-bond donors (Lipinski definition) is 0. The van der Waals surface area contributed by atoms with Gasteiger partial charge >= 0.3 is 7.12 Å². The third kappa shape index (κ3) is 4.68. The SMILES string of the molecule is CC(=O)SCC(=Cc1ccc(C#N)cc1Cl)B1OC(C)(C)C(C)(C)O1. The minimum Gasteiger partial charge on any atom is -0.400 e. The molecule has 0 aliphatic carbocycles. The molecular formula is C18H21BClNO3S. The summed E-state index contributed by atoms with van der Waals surface area (Å²) in [5.41, 5.74) is 1.15. The van der Waals surface area contributed by atoms with E-state index in [0.29, 0.717) is 16.3 Å². The Bertz CT molecular complexity index is 739. The normalized spacial score (nSPS) is 18.9. The zero-order valence-corrected chi connectivity index (χ0v) is 16.6. The molecule has 1 aromatic rings. The molecule has 1 aliphatic heterocycles. The maximum atomic E-state index is 11.4. The Kier molecular flexibility index (Phi) is 6.06. The standard InChI is InChI=1S/C18H21BClNO3S/c1-12(22)25-11-15(19-23-17(2,3)18(4,5)24-19)9-14-7-6-13(10-21)8-16(14)20/h6-9H,11H2,1-5H3. The number of hydrogen-bond acceptors (Lipinski definition) is 5. The van der Waals surface area contributed by atoms with Crippen LogP contribution >= 0.6 is 23.4 Å². The lowest BCUT2D eigenvalue weighted by Gasteiger charge is -2.32. The van der Waals surface area contributed by atoms with Gasteiger partial charge in [0.2, 0.25) is 0 Å². The minimum atomic E-state index is -0.552. The minimum absolute atomic E-state index is 0.0216. The zero-order valence-electron chi connectivity index (χ0n) is 15.1. The topological polar surface area (TPSA) is 59.3 Å². The fourth-order valence-electron chi connectivity index (χ4n) is 2.27. The van der Waals surface area contributed by atoms with Gasteiger partial charge in [-0.25, -0.2) is 0 Å². The van der Waals surface area contributed by atoms with Gasteiger partial charge in [-0.15, -0.1) is 0 Å². The van der Waals surface area contributed by atoms with Crippen molar-refractivity contribution in [2.24, 2.45) is 0 Å². The maximum absolute atomic E-state index is 11.4. The molecule has 0 radical (unpaired) electrons. The van der Waals surface area contributed by atoms with Gasteiger partial charge in [0.1, 0.15) is 0 Å². The molecule has 1 heterocycles. The molecule has 1 fully saturated rings. The van der Waals surface area contributed by atoms with E-state index in [1.165, 1.54) is 18.7 Å². The average Bonchev–Trinajstić information content (AvgIpc) is 2.72. The highest BCUT2D eigenvalue weighted by molar-refractivity contribution is 8.13. The largest absolute Gasteiger partial charge is 0.491 e. The molecule has 4 nitrogen and oxygen atoms in total. The number of carbonyl (C=O) groups is 1. The van der Waals surface area contributed by atoms with Crippen molar-refractivity contribution >= 4 is 41.7 Å². The fourth-order valence-corrected chi connectivity index (χ4v) is 3.10. The summed E-state index contributed by atoms with van der Waals surface area (Å²) >= 11 is 7.48. The quantitative estimate of drug-likeness (QED) is 0.723. The van der Waals surface area contributed by atoms with E-state index in [0.717, 1.165) is 11.0 Å². The summed E-state index contributed by atoms with van der Waals surface area (Å²) in [6.45, 7) is 9.46. The van der Waals surface area contributed by atoms with Gasteiger partial charge in [0, 0.05) is 17.7 Å². The molecule has 0 atom stereocenters. The van der Waals surface area contributed by atoms with Gasteiger partial charge in [0.15, 0.2) is 5.12 Å². The summed E-state index contributed by atoms with van der Waals surface area (Å²) in [6, 6.07) is 7.17. The molecule has 0 unspecified atom stereocenters. The summed E-state index contributed by atoms with van der Waals surface area (Å²) in [7, 11) is -0.552. The Morgan fingerprint density at radius 1 is 1.32 bits per heavy atom. The first-order valence-electron chi connectivity index (χ1n) is 7.95. The van der Waals surface area contributed by atoms with Gasteiger partial charge in [-0.1, -0.05) is 35.5 Å². The predicted octanol–water partition coefficient (Wildman–Crippen LogP) is 4.51. The molecule has 1 aliphatic rings. The van der Waals surface area contributed by atoms with Crippen molar-refractivity contribution in [3.05, 3.63) is 39.8 Å². The molecule has 0 saturated carbocycles. The molecule has 1 saturated heterocycles. The molecule has 132 valence electrons. The molecule has 0 bridgehead atoms. The Balaban J connectivity index is 2.37. The van der Waals surface area contributed by atoms with Gasteiger partial charge in [0.25, 0.3) is 0 Å². The lowest BCUT2D eigenvalue weighted by molar-refractivity contribution is -0.109. The van der Waals surface area contributed by atoms with Gasteiger partial charge in [-0.2, -0.15) is 5.26 Å².